The topological polar surface area (TPSA) is 80.7 Å². The Labute approximate surface area is 164 Å². The number of aromatic nitrogens is 1. The number of halogens is 1. The fraction of sp³-hybridized carbons (Fsp3) is 0.294. The standard InChI is InChI=1S/C17H16ClN3O3S2/c1-9-8-25-15(19-9)7-16-21-17(23)13(26-16)6-14(22)20-10-3-4-12(24-2)11(18)5-10/h3-5,8,13H,6-7H2,1-2H3,(H,20,22)/t13-/m0/s1. The van der Waals surface area contributed by atoms with E-state index in [2.05, 4.69) is 15.3 Å². The van der Waals surface area contributed by atoms with Gasteiger partial charge in [-0.25, -0.2) is 9.98 Å². The van der Waals surface area contributed by atoms with Crippen LogP contribution >= 0.6 is 34.7 Å². The van der Waals surface area contributed by atoms with Gasteiger partial charge < -0.3 is 10.1 Å². The number of nitrogens with one attached hydrogen (secondary N) is 1. The molecule has 2 amide bonds. The van der Waals surface area contributed by atoms with Crippen molar-refractivity contribution in [1.82, 2.24) is 4.98 Å². The summed E-state index contributed by atoms with van der Waals surface area (Å²) in [6.45, 7) is 1.92. The third-order valence-corrected chi connectivity index (χ3v) is 5.99. The van der Waals surface area contributed by atoms with Gasteiger partial charge in [-0.1, -0.05) is 23.4 Å². The highest BCUT2D eigenvalue weighted by Gasteiger charge is 2.30. The summed E-state index contributed by atoms with van der Waals surface area (Å²) in [5.74, 6) is -0.0125. The van der Waals surface area contributed by atoms with Crippen molar-refractivity contribution in [3.8, 4) is 5.75 Å². The highest BCUT2D eigenvalue weighted by atomic mass is 35.5. The molecule has 26 heavy (non-hydrogen) atoms. The number of carbonyl (C=O) groups excluding carboxylic acids is 2. The Hall–Kier alpha value is -1.90. The lowest BCUT2D eigenvalue weighted by Gasteiger charge is -2.10. The van der Waals surface area contributed by atoms with E-state index in [0.717, 1.165) is 10.7 Å². The molecule has 136 valence electrons. The van der Waals surface area contributed by atoms with Crippen LogP contribution in [0.3, 0.4) is 0 Å². The van der Waals surface area contributed by atoms with E-state index in [9.17, 15) is 9.59 Å². The zero-order valence-corrected chi connectivity index (χ0v) is 16.5. The molecule has 1 aliphatic heterocycles. The van der Waals surface area contributed by atoms with Gasteiger partial charge in [0.25, 0.3) is 5.91 Å². The van der Waals surface area contributed by atoms with E-state index >= 15 is 0 Å². The highest BCUT2D eigenvalue weighted by Crippen LogP contribution is 2.30. The largest absolute Gasteiger partial charge is 0.495 e. The van der Waals surface area contributed by atoms with Crippen LogP contribution in [0.5, 0.6) is 5.75 Å². The summed E-state index contributed by atoms with van der Waals surface area (Å²) < 4.78 is 5.08. The number of hydrogen-bond donors (Lipinski definition) is 1. The van der Waals surface area contributed by atoms with Gasteiger partial charge in [0.15, 0.2) is 0 Å². The van der Waals surface area contributed by atoms with E-state index in [0.29, 0.717) is 27.9 Å². The predicted octanol–water partition coefficient (Wildman–Crippen LogP) is 3.73. The second kappa shape index (κ2) is 8.20. The van der Waals surface area contributed by atoms with E-state index in [1.54, 1.807) is 29.5 Å². The maximum atomic E-state index is 12.2. The lowest BCUT2D eigenvalue weighted by atomic mass is 10.2. The molecule has 0 spiro atoms. The van der Waals surface area contributed by atoms with Crippen molar-refractivity contribution in [3.63, 3.8) is 0 Å². The number of carbonyl (C=O) groups is 2. The van der Waals surface area contributed by atoms with Crippen LogP contribution in [0.2, 0.25) is 5.02 Å². The molecule has 6 nitrogen and oxygen atoms in total. The summed E-state index contributed by atoms with van der Waals surface area (Å²) in [5, 5.41) is 6.23. The average molecular weight is 410 g/mol. The van der Waals surface area contributed by atoms with Crippen molar-refractivity contribution in [1.29, 1.82) is 0 Å². The average Bonchev–Trinajstić information content (AvgIpc) is 3.13. The summed E-state index contributed by atoms with van der Waals surface area (Å²) in [6, 6.07) is 4.97. The van der Waals surface area contributed by atoms with Crippen LogP contribution in [0.25, 0.3) is 0 Å². The first-order valence-electron chi connectivity index (χ1n) is 7.77. The Morgan fingerprint density at radius 2 is 2.23 bits per heavy atom. The minimum absolute atomic E-state index is 0.0526. The SMILES string of the molecule is COc1ccc(NC(=O)C[C@@H]2SC(Cc3nc(C)cs3)=NC2=O)cc1Cl. The van der Waals surface area contributed by atoms with Crippen LogP contribution in [0.15, 0.2) is 28.6 Å². The van der Waals surface area contributed by atoms with Crippen molar-refractivity contribution in [3.05, 3.63) is 39.3 Å². The molecular weight excluding hydrogens is 394 g/mol. The number of methoxy groups -OCH3 is 1. The van der Waals surface area contributed by atoms with Crippen LogP contribution in [0.4, 0.5) is 5.69 Å². The van der Waals surface area contributed by atoms with E-state index in [-0.39, 0.29) is 18.2 Å². The van der Waals surface area contributed by atoms with Crippen LogP contribution in [0, 0.1) is 6.92 Å². The maximum absolute atomic E-state index is 12.2. The van der Waals surface area contributed by atoms with Crippen molar-refractivity contribution >= 4 is 57.2 Å². The van der Waals surface area contributed by atoms with Gasteiger partial charge in [-0.2, -0.15) is 0 Å². The molecule has 1 aromatic carbocycles. The van der Waals surface area contributed by atoms with Crippen molar-refractivity contribution in [2.24, 2.45) is 4.99 Å². The minimum Gasteiger partial charge on any atom is -0.495 e. The number of ether oxygens (including phenoxy) is 1. The summed E-state index contributed by atoms with van der Waals surface area (Å²) in [4.78, 5) is 32.7. The third kappa shape index (κ3) is 4.63. The van der Waals surface area contributed by atoms with Gasteiger partial charge in [-0.05, 0) is 25.1 Å². The van der Waals surface area contributed by atoms with Crippen LogP contribution in [-0.2, 0) is 16.0 Å². The maximum Gasteiger partial charge on any atom is 0.260 e. The van der Waals surface area contributed by atoms with Gasteiger partial charge >= 0.3 is 0 Å². The zero-order valence-electron chi connectivity index (χ0n) is 14.1. The van der Waals surface area contributed by atoms with Crippen LogP contribution < -0.4 is 10.1 Å². The Balaban J connectivity index is 1.55. The van der Waals surface area contributed by atoms with Crippen LogP contribution in [-0.4, -0.2) is 34.2 Å². The van der Waals surface area contributed by atoms with Gasteiger partial charge in [0.1, 0.15) is 11.0 Å². The lowest BCUT2D eigenvalue weighted by molar-refractivity contribution is -0.121. The number of thiazole rings is 1. The van der Waals surface area contributed by atoms with Crippen molar-refractivity contribution in [2.75, 3.05) is 12.4 Å². The molecule has 2 aromatic rings. The molecule has 0 saturated heterocycles. The number of aliphatic imine (C=N–C) groups is 1. The van der Waals surface area contributed by atoms with Gasteiger partial charge in [0.05, 0.1) is 22.2 Å². The van der Waals surface area contributed by atoms with E-state index in [4.69, 9.17) is 16.3 Å². The second-order valence-corrected chi connectivity index (χ2v) is 8.24. The Morgan fingerprint density at radius 1 is 1.42 bits per heavy atom. The molecule has 1 atom stereocenters. The second-order valence-electron chi connectivity index (χ2n) is 5.61. The van der Waals surface area contributed by atoms with E-state index in [1.807, 2.05) is 12.3 Å². The molecule has 0 radical (unpaired) electrons. The number of rotatable bonds is 6. The summed E-state index contributed by atoms with van der Waals surface area (Å²) in [5.41, 5.74) is 1.50. The summed E-state index contributed by atoms with van der Waals surface area (Å²) >= 11 is 8.92. The van der Waals surface area contributed by atoms with Crippen LogP contribution in [0.1, 0.15) is 17.1 Å². The van der Waals surface area contributed by atoms with E-state index < -0.39 is 5.25 Å². The zero-order chi connectivity index (χ0) is 18.7. The van der Waals surface area contributed by atoms with Gasteiger partial charge in [0.2, 0.25) is 5.91 Å². The number of thioether (sulfide) groups is 1. The van der Waals surface area contributed by atoms with E-state index in [1.165, 1.54) is 18.9 Å². The van der Waals surface area contributed by atoms with Gasteiger partial charge in [-0.15, -0.1) is 11.3 Å². The fourth-order valence-corrected chi connectivity index (χ4v) is 4.59. The molecule has 2 heterocycles. The number of benzene rings is 1. The minimum atomic E-state index is -0.500. The first kappa shape index (κ1) is 18.9. The monoisotopic (exact) mass is 409 g/mol. The molecule has 3 rings (SSSR count). The molecule has 1 N–H and O–H groups in total. The van der Waals surface area contributed by atoms with Gasteiger partial charge in [0, 0.05) is 29.6 Å². The predicted molar refractivity (Wildman–Crippen MR) is 106 cm³/mol. The molecule has 9 heteroatoms. The van der Waals surface area contributed by atoms with Crippen molar-refractivity contribution < 1.29 is 14.3 Å². The number of aryl methyl sites for hydroxylation is 1. The molecular formula is C17H16ClN3O3S2. The number of amides is 2. The first-order valence-corrected chi connectivity index (χ1v) is 9.91. The normalized spacial score (nSPS) is 16.5. The molecule has 0 saturated carbocycles. The molecule has 1 aromatic heterocycles. The number of hydrogen-bond acceptors (Lipinski definition) is 6. The Kier molecular flexibility index (Phi) is 5.95. The molecule has 0 fully saturated rings. The molecule has 1 aliphatic rings. The van der Waals surface area contributed by atoms with Gasteiger partial charge in [-0.3, -0.25) is 9.59 Å². The smallest absolute Gasteiger partial charge is 0.260 e. The number of nitrogens with zero attached hydrogens (tertiary/aromatic N) is 2. The van der Waals surface area contributed by atoms with Crippen molar-refractivity contribution in [2.45, 2.75) is 25.0 Å². The third-order valence-electron chi connectivity index (χ3n) is 3.56. The number of anilines is 1. The Morgan fingerprint density at radius 3 is 2.88 bits per heavy atom. The molecule has 0 bridgehead atoms. The lowest BCUT2D eigenvalue weighted by Crippen LogP contribution is -2.21. The first-order chi connectivity index (χ1) is 12.4. The summed E-state index contributed by atoms with van der Waals surface area (Å²) in [7, 11) is 1.52. The highest BCUT2D eigenvalue weighted by molar-refractivity contribution is 8.15. The summed E-state index contributed by atoms with van der Waals surface area (Å²) in [6.07, 6.45) is 0.582. The molecule has 0 aliphatic carbocycles. The fourth-order valence-electron chi connectivity index (χ4n) is 2.38. The Bertz CT molecular complexity index is 882. The molecule has 0 unspecified atom stereocenters. The quantitative estimate of drug-likeness (QED) is 0.786.